The summed E-state index contributed by atoms with van der Waals surface area (Å²) in [5, 5.41) is 0. The summed E-state index contributed by atoms with van der Waals surface area (Å²) in [7, 11) is 0.00389. The van der Waals surface area contributed by atoms with Crippen LogP contribution in [-0.2, 0) is 10.9 Å². The Morgan fingerprint density at radius 1 is 1.00 bits per heavy atom. The molecular formula is C18H19OS+. The van der Waals surface area contributed by atoms with Crippen molar-refractivity contribution in [3.05, 3.63) is 59.5 Å². The maximum atomic E-state index is 6.06. The molecule has 1 heterocycles. The molecule has 0 aliphatic carbocycles. The highest BCUT2D eigenvalue weighted by molar-refractivity contribution is 8.00. The maximum absolute atomic E-state index is 6.06. The van der Waals surface area contributed by atoms with Gasteiger partial charge in [0.25, 0.3) is 0 Å². The summed E-state index contributed by atoms with van der Waals surface area (Å²) in [6, 6.07) is 16.9. The van der Waals surface area contributed by atoms with Crippen LogP contribution in [0.2, 0.25) is 0 Å². The molecule has 0 atom stereocenters. The van der Waals surface area contributed by atoms with Gasteiger partial charge < -0.3 is 4.74 Å². The zero-order valence-electron chi connectivity index (χ0n) is 11.9. The van der Waals surface area contributed by atoms with E-state index >= 15 is 0 Å². The van der Waals surface area contributed by atoms with E-state index in [-0.39, 0.29) is 10.9 Å². The molecule has 2 aromatic rings. The van der Waals surface area contributed by atoms with Gasteiger partial charge in [0.15, 0.2) is 11.5 Å². The molecule has 0 amide bonds. The third kappa shape index (κ3) is 2.25. The van der Waals surface area contributed by atoms with Crippen LogP contribution >= 0.6 is 0 Å². The molecule has 1 nitrogen and oxygen atoms in total. The van der Waals surface area contributed by atoms with E-state index in [4.69, 9.17) is 4.74 Å². The minimum absolute atomic E-state index is 0.00389. The van der Waals surface area contributed by atoms with Crippen molar-refractivity contribution in [2.75, 3.05) is 0 Å². The highest BCUT2D eigenvalue weighted by Crippen LogP contribution is 2.47. The van der Waals surface area contributed by atoms with Gasteiger partial charge in [0, 0.05) is 6.42 Å². The van der Waals surface area contributed by atoms with Crippen molar-refractivity contribution in [1.82, 2.24) is 0 Å². The maximum Gasteiger partial charge on any atom is 0.208 e. The molecule has 0 N–H and O–H groups in total. The minimum Gasteiger partial charge on any atom is -0.447 e. The van der Waals surface area contributed by atoms with Crippen molar-refractivity contribution in [2.45, 2.75) is 36.5 Å². The van der Waals surface area contributed by atoms with Crippen molar-refractivity contribution in [1.29, 1.82) is 0 Å². The van der Waals surface area contributed by atoms with E-state index in [0.29, 0.717) is 0 Å². The van der Waals surface area contributed by atoms with Crippen molar-refractivity contribution in [2.24, 2.45) is 0 Å². The number of hydrogen-bond donors (Lipinski definition) is 0. The molecule has 0 unspecified atom stereocenters. The Morgan fingerprint density at radius 2 is 1.55 bits per heavy atom. The fourth-order valence-corrected chi connectivity index (χ4v) is 5.03. The summed E-state index contributed by atoms with van der Waals surface area (Å²) in [6.45, 7) is 4.39. The van der Waals surface area contributed by atoms with Gasteiger partial charge in [-0.15, -0.1) is 0 Å². The van der Waals surface area contributed by atoms with Gasteiger partial charge in [0.2, 0.25) is 9.79 Å². The first-order chi connectivity index (χ1) is 9.85. The number of benzene rings is 2. The van der Waals surface area contributed by atoms with Crippen LogP contribution in [0.5, 0.6) is 11.5 Å². The second-order valence-corrected chi connectivity index (χ2v) is 6.82. The van der Waals surface area contributed by atoms with Gasteiger partial charge in [-0.3, -0.25) is 0 Å². The first-order valence-corrected chi connectivity index (χ1v) is 8.33. The number of allylic oxidation sites excluding steroid dienone is 2. The number of hydrogen-bond acceptors (Lipinski definition) is 1. The Kier molecular flexibility index (Phi) is 3.83. The lowest BCUT2D eigenvalue weighted by atomic mass is 10.3. The van der Waals surface area contributed by atoms with Gasteiger partial charge in [-0.25, -0.2) is 0 Å². The van der Waals surface area contributed by atoms with Crippen LogP contribution in [-0.4, -0.2) is 0 Å². The molecule has 0 saturated heterocycles. The van der Waals surface area contributed by atoms with Gasteiger partial charge in [-0.1, -0.05) is 31.2 Å². The lowest BCUT2D eigenvalue weighted by Gasteiger charge is -2.20. The third-order valence-corrected chi connectivity index (χ3v) is 5.96. The standard InChI is InChI=1S/C18H19OS/c1-3-9-14(4-2)20-17-12-7-5-10-15(17)19-16-11-6-8-13-18(16)20/h4-8,10-13H,3,9H2,1-2H3/q+1/b14-4+. The van der Waals surface area contributed by atoms with Crippen LogP contribution in [0.25, 0.3) is 0 Å². The summed E-state index contributed by atoms with van der Waals surface area (Å²) in [6.07, 6.45) is 4.60. The SMILES string of the molecule is C/C=C(\CCC)[S+]1c2ccccc2Oc2ccccc21. The van der Waals surface area contributed by atoms with Crippen LogP contribution in [0.15, 0.2) is 69.3 Å². The molecule has 0 radical (unpaired) electrons. The number of para-hydroxylation sites is 2. The Hall–Kier alpha value is -1.67. The fourth-order valence-electron chi connectivity index (χ4n) is 2.54. The molecule has 3 rings (SSSR count). The molecular weight excluding hydrogens is 264 g/mol. The zero-order chi connectivity index (χ0) is 13.9. The van der Waals surface area contributed by atoms with Crippen molar-refractivity contribution in [3.63, 3.8) is 0 Å². The largest absolute Gasteiger partial charge is 0.447 e. The molecule has 2 aromatic carbocycles. The van der Waals surface area contributed by atoms with Gasteiger partial charge in [-0.05, 0) is 43.7 Å². The highest BCUT2D eigenvalue weighted by Gasteiger charge is 2.39. The topological polar surface area (TPSA) is 9.23 Å². The number of fused-ring (bicyclic) bond motifs is 2. The number of rotatable bonds is 3. The Balaban J connectivity index is 2.17. The second kappa shape index (κ2) is 5.76. The van der Waals surface area contributed by atoms with Gasteiger partial charge in [0.05, 0.1) is 0 Å². The quantitative estimate of drug-likeness (QED) is 0.673. The predicted octanol–water partition coefficient (Wildman–Crippen LogP) is 5.53. The summed E-state index contributed by atoms with van der Waals surface area (Å²) >= 11 is 0. The van der Waals surface area contributed by atoms with E-state index in [2.05, 4.69) is 56.3 Å². The van der Waals surface area contributed by atoms with E-state index in [1.165, 1.54) is 21.1 Å². The molecule has 20 heavy (non-hydrogen) atoms. The molecule has 0 aromatic heterocycles. The zero-order valence-corrected chi connectivity index (χ0v) is 12.7. The summed E-state index contributed by atoms with van der Waals surface area (Å²) in [4.78, 5) is 4.14. The van der Waals surface area contributed by atoms with Gasteiger partial charge in [0.1, 0.15) is 15.8 Å². The van der Waals surface area contributed by atoms with Crippen LogP contribution < -0.4 is 4.74 Å². The first-order valence-electron chi connectivity index (χ1n) is 7.10. The van der Waals surface area contributed by atoms with Crippen molar-refractivity contribution >= 4 is 10.9 Å². The first kappa shape index (κ1) is 13.3. The van der Waals surface area contributed by atoms with E-state index in [0.717, 1.165) is 17.9 Å². The second-order valence-electron chi connectivity index (χ2n) is 4.81. The third-order valence-electron chi connectivity index (χ3n) is 3.44. The summed E-state index contributed by atoms with van der Waals surface area (Å²) in [5.74, 6) is 2.01. The monoisotopic (exact) mass is 283 g/mol. The Bertz CT molecular complexity index is 600. The van der Waals surface area contributed by atoms with Crippen LogP contribution in [0.4, 0.5) is 0 Å². The van der Waals surface area contributed by atoms with E-state index in [9.17, 15) is 0 Å². The van der Waals surface area contributed by atoms with Crippen molar-refractivity contribution < 1.29 is 4.74 Å². The van der Waals surface area contributed by atoms with E-state index in [1.54, 1.807) is 0 Å². The normalized spacial score (nSPS) is 14.4. The van der Waals surface area contributed by atoms with Crippen LogP contribution in [0.3, 0.4) is 0 Å². The van der Waals surface area contributed by atoms with Crippen molar-refractivity contribution in [3.8, 4) is 11.5 Å². The predicted molar refractivity (Wildman–Crippen MR) is 85.5 cm³/mol. The van der Waals surface area contributed by atoms with Crippen LogP contribution in [0, 0.1) is 0 Å². The minimum atomic E-state index is 0.00389. The summed E-state index contributed by atoms with van der Waals surface area (Å²) in [5.41, 5.74) is 0. The van der Waals surface area contributed by atoms with Gasteiger partial charge in [-0.2, -0.15) is 0 Å². The van der Waals surface area contributed by atoms with E-state index in [1.807, 2.05) is 12.1 Å². The molecule has 0 fully saturated rings. The number of ether oxygens (including phenoxy) is 1. The summed E-state index contributed by atoms with van der Waals surface area (Å²) < 4.78 is 6.06. The van der Waals surface area contributed by atoms with Crippen LogP contribution in [0.1, 0.15) is 26.7 Å². The van der Waals surface area contributed by atoms with Gasteiger partial charge >= 0.3 is 0 Å². The molecule has 102 valence electrons. The Morgan fingerprint density at radius 3 is 2.05 bits per heavy atom. The molecule has 2 heteroatoms. The lowest BCUT2D eigenvalue weighted by Crippen LogP contribution is -2.13. The molecule has 1 aliphatic rings. The average Bonchev–Trinajstić information content (AvgIpc) is 2.50. The molecule has 0 saturated carbocycles. The molecule has 0 spiro atoms. The molecule has 0 bridgehead atoms. The Labute approximate surface area is 123 Å². The smallest absolute Gasteiger partial charge is 0.208 e. The fraction of sp³-hybridized carbons (Fsp3) is 0.222. The average molecular weight is 283 g/mol. The highest BCUT2D eigenvalue weighted by atomic mass is 32.2. The lowest BCUT2D eigenvalue weighted by molar-refractivity contribution is 0.453. The van der Waals surface area contributed by atoms with E-state index < -0.39 is 0 Å². The molecule has 1 aliphatic heterocycles.